The molecule has 1 aromatic heterocycles. The monoisotopic (exact) mass is 337 g/mol. The quantitative estimate of drug-likeness (QED) is 0.836. The molecule has 1 N–H and O–H groups in total. The Labute approximate surface area is 140 Å². The Bertz CT molecular complexity index is 517. The minimum atomic E-state index is -0.0775. The summed E-state index contributed by atoms with van der Waals surface area (Å²) < 4.78 is 11.1. The van der Waals surface area contributed by atoms with Crippen molar-refractivity contribution in [2.75, 3.05) is 50.9 Å². The second-order valence-electron chi connectivity index (χ2n) is 5.70. The van der Waals surface area contributed by atoms with Gasteiger partial charge >= 0.3 is 0 Å². The maximum Gasteiger partial charge on any atom is 0.251 e. The van der Waals surface area contributed by atoms with Gasteiger partial charge in [0.25, 0.3) is 5.91 Å². The molecule has 0 radical (unpaired) electrons. The smallest absolute Gasteiger partial charge is 0.251 e. The first-order valence-corrected chi connectivity index (χ1v) is 9.25. The molecule has 126 valence electrons. The van der Waals surface area contributed by atoms with Crippen LogP contribution in [0.3, 0.4) is 0 Å². The van der Waals surface area contributed by atoms with E-state index < -0.39 is 0 Å². The van der Waals surface area contributed by atoms with Crippen LogP contribution in [0.15, 0.2) is 18.3 Å². The highest BCUT2D eigenvalue weighted by Crippen LogP contribution is 2.22. The molecule has 23 heavy (non-hydrogen) atoms. The van der Waals surface area contributed by atoms with Crippen molar-refractivity contribution in [3.63, 3.8) is 0 Å². The molecule has 1 atom stereocenters. The Hall–Kier alpha value is -1.31. The van der Waals surface area contributed by atoms with Gasteiger partial charge in [0.15, 0.2) is 0 Å². The van der Waals surface area contributed by atoms with Gasteiger partial charge in [0, 0.05) is 49.8 Å². The van der Waals surface area contributed by atoms with Gasteiger partial charge in [-0.05, 0) is 18.2 Å². The number of hydrogen-bond acceptors (Lipinski definition) is 6. The van der Waals surface area contributed by atoms with Gasteiger partial charge in [-0.2, -0.15) is 11.8 Å². The molecule has 2 saturated heterocycles. The van der Waals surface area contributed by atoms with Crippen LogP contribution in [-0.4, -0.2) is 72.8 Å². The highest BCUT2D eigenvalue weighted by molar-refractivity contribution is 7.99. The zero-order valence-corrected chi connectivity index (χ0v) is 14.0. The molecule has 2 aliphatic heterocycles. The number of rotatable bonds is 6. The number of thioether (sulfide) groups is 1. The fraction of sp³-hybridized carbons (Fsp3) is 0.625. The van der Waals surface area contributed by atoms with Crippen molar-refractivity contribution >= 4 is 17.7 Å². The lowest BCUT2D eigenvalue weighted by Gasteiger charge is -2.26. The maximum absolute atomic E-state index is 12.2. The lowest BCUT2D eigenvalue weighted by atomic mass is 10.2. The number of nitrogens with one attached hydrogen (secondary N) is 1. The van der Waals surface area contributed by atoms with Crippen LogP contribution in [0.1, 0.15) is 16.8 Å². The summed E-state index contributed by atoms with van der Waals surface area (Å²) in [6, 6.07) is 3.45. The fourth-order valence-corrected chi connectivity index (χ4v) is 3.74. The molecule has 0 saturated carbocycles. The van der Waals surface area contributed by atoms with E-state index in [1.807, 2.05) is 11.8 Å². The Morgan fingerprint density at radius 1 is 1.48 bits per heavy atom. The number of nitrogens with zero attached hydrogens (tertiary/aromatic N) is 2. The highest BCUT2D eigenvalue weighted by atomic mass is 32.2. The maximum atomic E-state index is 12.2. The Balaban J connectivity index is 1.46. The van der Waals surface area contributed by atoms with Crippen LogP contribution >= 0.6 is 11.8 Å². The average molecular weight is 337 g/mol. The van der Waals surface area contributed by atoms with Crippen LogP contribution in [0.2, 0.25) is 0 Å². The van der Waals surface area contributed by atoms with Crippen LogP contribution in [0.4, 0.5) is 0 Å². The molecular formula is C16H23N3O3S. The van der Waals surface area contributed by atoms with Crippen molar-refractivity contribution in [2.24, 2.45) is 0 Å². The topological polar surface area (TPSA) is 63.7 Å². The molecule has 0 bridgehead atoms. The number of amides is 1. The van der Waals surface area contributed by atoms with Crippen molar-refractivity contribution in [3.05, 3.63) is 23.9 Å². The number of hydrogen-bond donors (Lipinski definition) is 1. The van der Waals surface area contributed by atoms with Gasteiger partial charge in [0.1, 0.15) is 6.10 Å². The van der Waals surface area contributed by atoms with Gasteiger partial charge in [-0.15, -0.1) is 0 Å². The lowest BCUT2D eigenvalue weighted by molar-refractivity contribution is 0.0383. The molecular weight excluding hydrogens is 314 g/mol. The SMILES string of the molecule is O=C(NCCN1CCOCC1)c1ccnc(OC2CCSC2)c1. The number of carbonyl (C=O) groups excluding carboxylic acids is 1. The molecule has 2 aliphatic rings. The number of carbonyl (C=O) groups is 1. The molecule has 1 aromatic rings. The molecule has 0 spiro atoms. The van der Waals surface area contributed by atoms with Crippen LogP contribution in [0.5, 0.6) is 5.88 Å². The first-order valence-electron chi connectivity index (χ1n) is 8.10. The van der Waals surface area contributed by atoms with E-state index in [4.69, 9.17) is 9.47 Å². The van der Waals surface area contributed by atoms with E-state index >= 15 is 0 Å². The summed E-state index contributed by atoms with van der Waals surface area (Å²) in [5, 5.41) is 2.96. The van der Waals surface area contributed by atoms with Crippen molar-refractivity contribution in [1.82, 2.24) is 15.2 Å². The Kier molecular flexibility index (Phi) is 6.13. The van der Waals surface area contributed by atoms with Gasteiger partial charge in [-0.1, -0.05) is 0 Å². The Morgan fingerprint density at radius 3 is 3.13 bits per heavy atom. The van der Waals surface area contributed by atoms with Crippen molar-refractivity contribution in [2.45, 2.75) is 12.5 Å². The van der Waals surface area contributed by atoms with E-state index in [1.165, 1.54) is 0 Å². The predicted molar refractivity (Wildman–Crippen MR) is 90.2 cm³/mol. The van der Waals surface area contributed by atoms with E-state index in [2.05, 4.69) is 15.2 Å². The summed E-state index contributed by atoms with van der Waals surface area (Å²) in [5.74, 6) is 2.59. The van der Waals surface area contributed by atoms with Crippen LogP contribution < -0.4 is 10.1 Å². The molecule has 1 unspecified atom stereocenters. The first-order chi connectivity index (χ1) is 11.3. The van der Waals surface area contributed by atoms with Crippen molar-refractivity contribution in [1.29, 1.82) is 0 Å². The zero-order chi connectivity index (χ0) is 15.9. The molecule has 0 aromatic carbocycles. The second kappa shape index (κ2) is 8.52. The summed E-state index contributed by atoms with van der Waals surface area (Å²) in [6.45, 7) is 4.90. The van der Waals surface area contributed by atoms with Gasteiger partial charge < -0.3 is 14.8 Å². The normalized spacial score (nSPS) is 22.0. The summed E-state index contributed by atoms with van der Waals surface area (Å²) >= 11 is 1.89. The van der Waals surface area contributed by atoms with Gasteiger partial charge in [-0.3, -0.25) is 9.69 Å². The highest BCUT2D eigenvalue weighted by Gasteiger charge is 2.18. The second-order valence-corrected chi connectivity index (χ2v) is 6.85. The number of morpholine rings is 1. The Morgan fingerprint density at radius 2 is 2.35 bits per heavy atom. The third kappa shape index (κ3) is 5.09. The molecule has 3 rings (SSSR count). The van der Waals surface area contributed by atoms with Gasteiger partial charge in [-0.25, -0.2) is 4.98 Å². The lowest BCUT2D eigenvalue weighted by Crippen LogP contribution is -2.41. The van der Waals surface area contributed by atoms with E-state index in [1.54, 1.807) is 18.3 Å². The fourth-order valence-electron chi connectivity index (χ4n) is 2.65. The number of pyridine rings is 1. The summed E-state index contributed by atoms with van der Waals surface area (Å²) in [6.07, 6.45) is 2.89. The van der Waals surface area contributed by atoms with Crippen LogP contribution in [-0.2, 0) is 4.74 Å². The summed E-state index contributed by atoms with van der Waals surface area (Å²) in [7, 11) is 0. The van der Waals surface area contributed by atoms with Crippen LogP contribution in [0.25, 0.3) is 0 Å². The largest absolute Gasteiger partial charge is 0.473 e. The van der Waals surface area contributed by atoms with E-state index in [-0.39, 0.29) is 12.0 Å². The van der Waals surface area contributed by atoms with E-state index in [9.17, 15) is 4.79 Å². The predicted octanol–water partition coefficient (Wildman–Crippen LogP) is 1.03. The van der Waals surface area contributed by atoms with E-state index in [0.717, 1.165) is 50.8 Å². The molecule has 1 amide bonds. The minimum absolute atomic E-state index is 0.0775. The summed E-state index contributed by atoms with van der Waals surface area (Å²) in [4.78, 5) is 18.7. The number of aromatic nitrogens is 1. The molecule has 0 aliphatic carbocycles. The number of ether oxygens (including phenoxy) is 2. The molecule has 3 heterocycles. The van der Waals surface area contributed by atoms with Gasteiger partial charge in [0.05, 0.1) is 13.2 Å². The molecule has 6 nitrogen and oxygen atoms in total. The average Bonchev–Trinajstić information content (AvgIpc) is 3.09. The third-order valence-corrected chi connectivity index (χ3v) is 5.12. The molecule has 7 heteroatoms. The minimum Gasteiger partial charge on any atom is -0.473 e. The van der Waals surface area contributed by atoms with Gasteiger partial charge in [0.2, 0.25) is 5.88 Å². The summed E-state index contributed by atoms with van der Waals surface area (Å²) in [5.41, 5.74) is 0.600. The van der Waals surface area contributed by atoms with E-state index in [0.29, 0.717) is 18.0 Å². The zero-order valence-electron chi connectivity index (χ0n) is 13.2. The molecule has 2 fully saturated rings. The first kappa shape index (κ1) is 16.5. The third-order valence-electron chi connectivity index (χ3n) is 3.99. The van der Waals surface area contributed by atoms with Crippen molar-refractivity contribution in [3.8, 4) is 5.88 Å². The van der Waals surface area contributed by atoms with Crippen molar-refractivity contribution < 1.29 is 14.3 Å². The van der Waals surface area contributed by atoms with Crippen LogP contribution in [0, 0.1) is 0 Å². The standard InChI is InChI=1S/C16H23N3O3S/c20-16(18-4-5-19-6-8-21-9-7-19)13-1-3-17-15(11-13)22-14-2-10-23-12-14/h1,3,11,14H,2,4-10,12H2,(H,18,20).